The Kier molecular flexibility index (Phi) is 5.49. The second-order valence-corrected chi connectivity index (χ2v) is 7.13. The van der Waals surface area contributed by atoms with E-state index >= 15 is 0 Å². The third kappa shape index (κ3) is 5.04. The maximum atomic E-state index is 13.1. The van der Waals surface area contributed by atoms with Crippen LogP contribution in [0.1, 0.15) is 18.9 Å². The van der Waals surface area contributed by atoms with Crippen LogP contribution in [0.2, 0.25) is 5.02 Å². The van der Waals surface area contributed by atoms with Crippen LogP contribution in [0, 0.1) is 5.82 Å². The second kappa shape index (κ2) is 7.17. The van der Waals surface area contributed by atoms with Gasteiger partial charge in [-0.3, -0.25) is 4.68 Å². The van der Waals surface area contributed by atoms with Gasteiger partial charge in [0.2, 0.25) is 10.0 Å². The molecule has 120 valence electrons. The lowest BCUT2D eigenvalue weighted by molar-refractivity contribution is 0.494. The molecule has 0 spiro atoms. The van der Waals surface area contributed by atoms with Crippen LogP contribution in [0.25, 0.3) is 0 Å². The number of sulfonamides is 1. The molecule has 9 heteroatoms. The zero-order valence-corrected chi connectivity index (χ0v) is 13.5. The third-order valence-corrected chi connectivity index (χ3v) is 4.74. The number of benzene rings is 1. The quantitative estimate of drug-likeness (QED) is 0.831. The van der Waals surface area contributed by atoms with Crippen LogP contribution in [0.5, 0.6) is 0 Å². The van der Waals surface area contributed by atoms with E-state index in [9.17, 15) is 12.8 Å². The van der Waals surface area contributed by atoms with Gasteiger partial charge in [-0.05, 0) is 31.0 Å². The van der Waals surface area contributed by atoms with Crippen LogP contribution in [-0.4, -0.2) is 29.2 Å². The third-order valence-electron chi connectivity index (χ3n) is 2.98. The summed E-state index contributed by atoms with van der Waals surface area (Å²) in [6.07, 6.45) is 3.57. The minimum Gasteiger partial charge on any atom is -0.253 e. The monoisotopic (exact) mass is 346 g/mol. The number of nitrogens with one attached hydrogen (secondary N) is 1. The molecule has 0 radical (unpaired) electrons. The van der Waals surface area contributed by atoms with Gasteiger partial charge in [0.05, 0.1) is 10.8 Å². The highest BCUT2D eigenvalue weighted by molar-refractivity contribution is 7.88. The van der Waals surface area contributed by atoms with Crippen LogP contribution in [0.4, 0.5) is 4.39 Å². The van der Waals surface area contributed by atoms with Gasteiger partial charge >= 0.3 is 0 Å². The summed E-state index contributed by atoms with van der Waals surface area (Å²) in [5.74, 6) is -0.822. The maximum Gasteiger partial charge on any atom is 0.216 e. The van der Waals surface area contributed by atoms with Gasteiger partial charge in [-0.2, -0.15) is 5.10 Å². The van der Waals surface area contributed by atoms with E-state index in [1.165, 1.54) is 18.5 Å². The first-order valence-electron chi connectivity index (χ1n) is 6.62. The summed E-state index contributed by atoms with van der Waals surface area (Å²) in [5, 5.41) is 3.86. The SMILES string of the molecule is CC(CCn1cncn1)NS(=O)(=O)Cc1ccc(F)c(Cl)c1. The molecule has 1 N–H and O–H groups in total. The van der Waals surface area contributed by atoms with Crippen molar-refractivity contribution in [3.8, 4) is 0 Å². The molecule has 0 aliphatic rings. The predicted molar refractivity (Wildman–Crippen MR) is 81.3 cm³/mol. The lowest BCUT2D eigenvalue weighted by Gasteiger charge is -2.14. The van der Waals surface area contributed by atoms with Gasteiger partial charge in [-0.1, -0.05) is 17.7 Å². The number of aromatic nitrogens is 3. The predicted octanol–water partition coefficient (Wildman–Crippen LogP) is 1.97. The molecule has 0 bridgehead atoms. The molecule has 2 rings (SSSR count). The molecule has 1 aromatic heterocycles. The average Bonchev–Trinajstić information content (AvgIpc) is 2.93. The lowest BCUT2D eigenvalue weighted by atomic mass is 10.2. The first-order valence-corrected chi connectivity index (χ1v) is 8.65. The van der Waals surface area contributed by atoms with Crippen molar-refractivity contribution in [2.75, 3.05) is 0 Å². The van der Waals surface area contributed by atoms with Crippen molar-refractivity contribution >= 4 is 21.6 Å². The summed E-state index contributed by atoms with van der Waals surface area (Å²) in [6.45, 7) is 2.33. The van der Waals surface area contributed by atoms with Crippen molar-refractivity contribution < 1.29 is 12.8 Å². The van der Waals surface area contributed by atoms with Crippen molar-refractivity contribution in [2.24, 2.45) is 0 Å². The molecule has 1 unspecified atom stereocenters. The molecule has 1 atom stereocenters. The van der Waals surface area contributed by atoms with E-state index in [-0.39, 0.29) is 16.8 Å². The summed E-state index contributed by atoms with van der Waals surface area (Å²) in [5.41, 5.74) is 0.433. The van der Waals surface area contributed by atoms with Crippen molar-refractivity contribution in [1.82, 2.24) is 19.5 Å². The van der Waals surface area contributed by atoms with E-state index in [2.05, 4.69) is 14.8 Å². The summed E-state index contributed by atoms with van der Waals surface area (Å²) >= 11 is 5.65. The minimum atomic E-state index is -3.53. The molecule has 2 aromatic rings. The Hall–Kier alpha value is -1.51. The van der Waals surface area contributed by atoms with E-state index in [1.54, 1.807) is 17.9 Å². The number of hydrogen-bond acceptors (Lipinski definition) is 4. The average molecular weight is 347 g/mol. The Morgan fingerprint density at radius 3 is 2.86 bits per heavy atom. The molecular weight excluding hydrogens is 331 g/mol. The van der Waals surface area contributed by atoms with Crippen molar-refractivity contribution in [1.29, 1.82) is 0 Å². The Labute approximate surface area is 133 Å². The van der Waals surface area contributed by atoms with E-state index in [0.29, 0.717) is 18.5 Å². The Morgan fingerprint density at radius 2 is 2.23 bits per heavy atom. The Morgan fingerprint density at radius 1 is 1.45 bits per heavy atom. The van der Waals surface area contributed by atoms with Crippen LogP contribution in [-0.2, 0) is 22.3 Å². The summed E-state index contributed by atoms with van der Waals surface area (Å²) < 4.78 is 41.4. The summed E-state index contributed by atoms with van der Waals surface area (Å²) in [7, 11) is -3.53. The topological polar surface area (TPSA) is 76.9 Å². The molecule has 0 amide bonds. The van der Waals surface area contributed by atoms with Gasteiger partial charge in [0.15, 0.2) is 0 Å². The van der Waals surface area contributed by atoms with Crippen LogP contribution in [0.3, 0.4) is 0 Å². The van der Waals surface area contributed by atoms with E-state index in [4.69, 9.17) is 11.6 Å². The minimum absolute atomic E-state index is 0.0908. The number of halogens is 2. The zero-order chi connectivity index (χ0) is 16.2. The first kappa shape index (κ1) is 16.9. The van der Waals surface area contributed by atoms with E-state index < -0.39 is 15.8 Å². The summed E-state index contributed by atoms with van der Waals surface area (Å²) in [4.78, 5) is 3.82. The molecule has 1 heterocycles. The molecule has 0 saturated carbocycles. The number of rotatable bonds is 7. The Balaban J connectivity index is 1.90. The zero-order valence-electron chi connectivity index (χ0n) is 11.9. The standard InChI is InChI=1S/C13H16ClFN4O2S/c1-10(4-5-19-9-16-8-17-19)18-22(20,21)7-11-2-3-13(15)12(14)6-11/h2-3,6,8-10,18H,4-5,7H2,1H3. The molecular formula is C13H16ClFN4O2S. The van der Waals surface area contributed by atoms with Gasteiger partial charge in [0, 0.05) is 12.6 Å². The molecule has 0 fully saturated rings. The maximum absolute atomic E-state index is 13.1. The molecule has 22 heavy (non-hydrogen) atoms. The van der Waals surface area contributed by atoms with E-state index in [0.717, 1.165) is 6.07 Å². The largest absolute Gasteiger partial charge is 0.253 e. The van der Waals surface area contributed by atoms with Gasteiger partial charge in [-0.15, -0.1) is 0 Å². The van der Waals surface area contributed by atoms with Gasteiger partial charge in [0.1, 0.15) is 18.5 Å². The van der Waals surface area contributed by atoms with Crippen LogP contribution >= 0.6 is 11.6 Å². The number of aryl methyl sites for hydroxylation is 1. The van der Waals surface area contributed by atoms with Crippen LogP contribution < -0.4 is 4.72 Å². The molecule has 0 saturated heterocycles. The number of nitrogens with zero attached hydrogens (tertiary/aromatic N) is 3. The van der Waals surface area contributed by atoms with Crippen molar-refractivity contribution in [2.45, 2.75) is 31.7 Å². The molecule has 6 nitrogen and oxygen atoms in total. The Bertz CT molecular complexity index is 722. The lowest BCUT2D eigenvalue weighted by Crippen LogP contribution is -2.34. The normalized spacial score (nSPS) is 13.2. The van der Waals surface area contributed by atoms with Gasteiger partial charge in [-0.25, -0.2) is 22.5 Å². The fourth-order valence-corrected chi connectivity index (χ4v) is 3.57. The highest BCUT2D eigenvalue weighted by atomic mass is 35.5. The molecule has 1 aromatic carbocycles. The first-order chi connectivity index (χ1) is 10.4. The van der Waals surface area contributed by atoms with Crippen molar-refractivity contribution in [3.63, 3.8) is 0 Å². The van der Waals surface area contributed by atoms with E-state index in [1.807, 2.05) is 0 Å². The molecule has 0 aliphatic heterocycles. The smallest absolute Gasteiger partial charge is 0.216 e. The van der Waals surface area contributed by atoms with Gasteiger partial charge in [0.25, 0.3) is 0 Å². The molecule has 0 aliphatic carbocycles. The highest BCUT2D eigenvalue weighted by Crippen LogP contribution is 2.17. The second-order valence-electron chi connectivity index (χ2n) is 4.97. The highest BCUT2D eigenvalue weighted by Gasteiger charge is 2.16. The summed E-state index contributed by atoms with van der Waals surface area (Å²) in [6, 6.07) is 3.61. The van der Waals surface area contributed by atoms with Crippen LogP contribution in [0.15, 0.2) is 30.9 Å². The number of hydrogen-bond donors (Lipinski definition) is 1. The van der Waals surface area contributed by atoms with Gasteiger partial charge < -0.3 is 0 Å². The fourth-order valence-electron chi connectivity index (χ4n) is 1.93. The van der Waals surface area contributed by atoms with Crippen molar-refractivity contribution in [3.05, 3.63) is 47.3 Å². The fraction of sp³-hybridized carbons (Fsp3) is 0.385.